The van der Waals surface area contributed by atoms with Crippen LogP contribution in [0.3, 0.4) is 0 Å². The zero-order valence-electron chi connectivity index (χ0n) is 10.4. The fourth-order valence-corrected chi connectivity index (χ4v) is 1.96. The summed E-state index contributed by atoms with van der Waals surface area (Å²) in [6.45, 7) is 3.70. The van der Waals surface area contributed by atoms with Crippen molar-refractivity contribution in [1.29, 1.82) is 0 Å². The molecule has 0 unspecified atom stereocenters. The van der Waals surface area contributed by atoms with E-state index in [0.29, 0.717) is 5.69 Å². The Morgan fingerprint density at radius 3 is 2.58 bits per heavy atom. The highest BCUT2D eigenvalue weighted by Gasteiger charge is 2.06. The van der Waals surface area contributed by atoms with E-state index in [9.17, 15) is 9.90 Å². The molecule has 2 aromatic carbocycles. The highest BCUT2D eigenvalue weighted by Crippen LogP contribution is 2.23. The van der Waals surface area contributed by atoms with Crippen LogP contribution in [-0.2, 0) is 6.61 Å². The summed E-state index contributed by atoms with van der Waals surface area (Å²) in [5.74, 6) is 0. The molecular weight excluding hydrogens is 242 g/mol. The second-order valence-corrected chi connectivity index (χ2v) is 4.19. The van der Waals surface area contributed by atoms with Gasteiger partial charge in [-0.2, -0.15) is 0 Å². The first-order valence-electron chi connectivity index (χ1n) is 5.88. The standard InChI is InChI=1S/C15H15NO3/c1-2-7-16(15(18)19)14-6-5-12-8-11(10-17)3-4-13(12)9-14/h2-6,8-9,17H,1,7,10H2,(H,18,19)/p-1. The summed E-state index contributed by atoms with van der Waals surface area (Å²) in [4.78, 5) is 12.2. The van der Waals surface area contributed by atoms with E-state index in [0.717, 1.165) is 21.2 Å². The third-order valence-electron chi connectivity index (χ3n) is 2.91. The van der Waals surface area contributed by atoms with Crippen molar-refractivity contribution in [3.05, 3.63) is 54.6 Å². The zero-order valence-corrected chi connectivity index (χ0v) is 10.4. The molecule has 0 saturated carbocycles. The van der Waals surface area contributed by atoms with E-state index >= 15 is 0 Å². The van der Waals surface area contributed by atoms with Gasteiger partial charge in [0.15, 0.2) is 0 Å². The molecule has 0 spiro atoms. The first-order chi connectivity index (χ1) is 9.15. The van der Waals surface area contributed by atoms with Crippen molar-refractivity contribution in [2.45, 2.75) is 6.61 Å². The van der Waals surface area contributed by atoms with E-state index in [1.54, 1.807) is 12.1 Å². The number of amides is 1. The fourth-order valence-electron chi connectivity index (χ4n) is 1.96. The monoisotopic (exact) mass is 256 g/mol. The van der Waals surface area contributed by atoms with Gasteiger partial charge in [-0.15, -0.1) is 6.58 Å². The average Bonchev–Trinajstić information content (AvgIpc) is 2.43. The van der Waals surface area contributed by atoms with Crippen LogP contribution in [0.4, 0.5) is 10.5 Å². The zero-order chi connectivity index (χ0) is 13.8. The summed E-state index contributed by atoms with van der Waals surface area (Å²) in [6.07, 6.45) is 0.251. The van der Waals surface area contributed by atoms with Crippen LogP contribution < -0.4 is 10.0 Å². The third-order valence-corrected chi connectivity index (χ3v) is 2.91. The molecule has 2 aromatic rings. The minimum Gasteiger partial charge on any atom is -0.530 e. The molecule has 0 bridgehead atoms. The molecule has 0 aromatic heterocycles. The third kappa shape index (κ3) is 2.74. The molecule has 4 heteroatoms. The summed E-state index contributed by atoms with van der Waals surface area (Å²) in [5.41, 5.74) is 1.37. The Kier molecular flexibility index (Phi) is 3.82. The summed E-state index contributed by atoms with van der Waals surface area (Å²) in [7, 11) is 0. The highest BCUT2D eigenvalue weighted by molar-refractivity contribution is 5.91. The van der Waals surface area contributed by atoms with Gasteiger partial charge in [-0.25, -0.2) is 0 Å². The molecule has 0 heterocycles. The lowest BCUT2D eigenvalue weighted by Gasteiger charge is -2.24. The normalized spacial score (nSPS) is 10.4. The summed E-state index contributed by atoms with van der Waals surface area (Å²) >= 11 is 0. The van der Waals surface area contributed by atoms with Gasteiger partial charge in [-0.1, -0.05) is 24.3 Å². The number of aliphatic hydroxyl groups is 1. The molecule has 0 aliphatic rings. The molecule has 0 atom stereocenters. The molecule has 4 nitrogen and oxygen atoms in total. The number of anilines is 1. The minimum atomic E-state index is -1.26. The molecule has 1 amide bonds. The van der Waals surface area contributed by atoms with Gasteiger partial charge in [-0.05, 0) is 34.5 Å². The summed E-state index contributed by atoms with van der Waals surface area (Å²) in [5, 5.41) is 22.0. The van der Waals surface area contributed by atoms with Crippen molar-refractivity contribution in [1.82, 2.24) is 0 Å². The quantitative estimate of drug-likeness (QED) is 0.846. The first-order valence-corrected chi connectivity index (χ1v) is 5.88. The van der Waals surface area contributed by atoms with Crippen LogP contribution in [-0.4, -0.2) is 17.7 Å². The number of carbonyl (C=O) groups excluding carboxylic acids is 1. The Balaban J connectivity index is 2.45. The number of carbonyl (C=O) groups is 1. The van der Waals surface area contributed by atoms with Crippen molar-refractivity contribution in [3.8, 4) is 0 Å². The van der Waals surface area contributed by atoms with Crippen LogP contribution in [0.25, 0.3) is 10.8 Å². The molecule has 98 valence electrons. The number of benzene rings is 2. The van der Waals surface area contributed by atoms with Crippen LogP contribution >= 0.6 is 0 Å². The summed E-state index contributed by atoms with van der Waals surface area (Å²) in [6, 6.07) is 10.8. The predicted octanol–water partition coefficient (Wildman–Crippen LogP) is 1.67. The van der Waals surface area contributed by atoms with Gasteiger partial charge in [-0.3, -0.25) is 0 Å². The SMILES string of the molecule is C=CCN(C(=O)[O-])c1ccc2cc(CO)ccc2c1. The Bertz CT molecular complexity index is 622. The maximum atomic E-state index is 11.1. The number of aliphatic hydroxyl groups excluding tert-OH is 1. The predicted molar refractivity (Wildman–Crippen MR) is 72.8 cm³/mol. The van der Waals surface area contributed by atoms with Crippen molar-refractivity contribution in [2.75, 3.05) is 11.4 Å². The maximum Gasteiger partial charge on any atom is 0.141 e. The molecule has 1 N–H and O–H groups in total. The lowest BCUT2D eigenvalue weighted by atomic mass is 10.1. The van der Waals surface area contributed by atoms with Crippen molar-refractivity contribution in [2.24, 2.45) is 0 Å². The number of hydrogen-bond donors (Lipinski definition) is 1. The number of carboxylic acid groups (broad SMARTS) is 1. The number of nitrogens with zero attached hydrogens (tertiary/aromatic N) is 1. The van der Waals surface area contributed by atoms with Gasteiger partial charge in [0, 0.05) is 12.2 Å². The Morgan fingerprint density at radius 1 is 1.26 bits per heavy atom. The second-order valence-electron chi connectivity index (χ2n) is 4.19. The smallest absolute Gasteiger partial charge is 0.141 e. The Morgan fingerprint density at radius 2 is 1.95 bits per heavy atom. The Labute approximate surface area is 111 Å². The Hall–Kier alpha value is -2.33. The van der Waals surface area contributed by atoms with Crippen LogP contribution in [0, 0.1) is 0 Å². The summed E-state index contributed by atoms with van der Waals surface area (Å²) < 4.78 is 0. The topological polar surface area (TPSA) is 63.6 Å². The molecule has 19 heavy (non-hydrogen) atoms. The lowest BCUT2D eigenvalue weighted by molar-refractivity contribution is -0.246. The number of rotatable bonds is 4. The highest BCUT2D eigenvalue weighted by atomic mass is 16.4. The van der Waals surface area contributed by atoms with E-state index in [-0.39, 0.29) is 13.2 Å². The molecule has 0 aliphatic carbocycles. The van der Waals surface area contributed by atoms with E-state index < -0.39 is 6.09 Å². The van der Waals surface area contributed by atoms with Crippen LogP contribution in [0.5, 0.6) is 0 Å². The second kappa shape index (κ2) is 5.54. The van der Waals surface area contributed by atoms with Gasteiger partial charge in [0.25, 0.3) is 0 Å². The fraction of sp³-hybridized carbons (Fsp3) is 0.133. The van der Waals surface area contributed by atoms with E-state index in [1.165, 1.54) is 6.08 Å². The van der Waals surface area contributed by atoms with Crippen molar-refractivity contribution >= 4 is 22.6 Å². The molecule has 0 aliphatic heterocycles. The van der Waals surface area contributed by atoms with Gasteiger partial charge < -0.3 is 19.9 Å². The number of fused-ring (bicyclic) bond motifs is 1. The van der Waals surface area contributed by atoms with E-state index in [1.807, 2.05) is 24.3 Å². The molecule has 2 rings (SSSR count). The van der Waals surface area contributed by atoms with Gasteiger partial charge in [0.2, 0.25) is 0 Å². The minimum absolute atomic E-state index is 0.0146. The van der Waals surface area contributed by atoms with E-state index in [4.69, 9.17) is 5.11 Å². The van der Waals surface area contributed by atoms with E-state index in [2.05, 4.69) is 6.58 Å². The number of hydrogen-bond acceptors (Lipinski definition) is 3. The lowest BCUT2D eigenvalue weighted by Crippen LogP contribution is -2.41. The molecular formula is C15H14NO3-. The van der Waals surface area contributed by atoms with Crippen LogP contribution in [0.2, 0.25) is 0 Å². The first kappa shape index (κ1) is 13.1. The van der Waals surface area contributed by atoms with Crippen LogP contribution in [0.15, 0.2) is 49.1 Å². The van der Waals surface area contributed by atoms with Crippen LogP contribution in [0.1, 0.15) is 5.56 Å². The molecule has 0 radical (unpaired) electrons. The average molecular weight is 256 g/mol. The van der Waals surface area contributed by atoms with Gasteiger partial charge in [0.05, 0.1) is 6.61 Å². The van der Waals surface area contributed by atoms with Gasteiger partial charge in [0.1, 0.15) is 6.09 Å². The van der Waals surface area contributed by atoms with Gasteiger partial charge >= 0.3 is 0 Å². The molecule has 0 saturated heterocycles. The van der Waals surface area contributed by atoms with Crippen molar-refractivity contribution in [3.63, 3.8) is 0 Å². The maximum absolute atomic E-state index is 11.1. The molecule has 0 fully saturated rings. The van der Waals surface area contributed by atoms with Crippen molar-refractivity contribution < 1.29 is 15.0 Å². The largest absolute Gasteiger partial charge is 0.530 e.